The first-order chi connectivity index (χ1) is 34.3. The summed E-state index contributed by atoms with van der Waals surface area (Å²) in [5.41, 5.74) is 16.1. The van der Waals surface area contributed by atoms with Crippen LogP contribution >= 0.6 is 11.3 Å². The highest BCUT2D eigenvalue weighted by molar-refractivity contribution is 7.25. The van der Waals surface area contributed by atoms with E-state index < -0.39 is 0 Å². The normalized spacial score (nSPS) is 12.1. The highest BCUT2D eigenvalue weighted by atomic mass is 32.1. The predicted octanol–water partition coefficient (Wildman–Crippen LogP) is 18.3. The standard InChI is InChI=1S/C64H40N4S/c1-6-19-41(20-7-1)65(46-33-36-59-51(37-46)48-29-16-17-32-58(48)69-59)47-38-52-49-30-18-31-53-60(49)64-57(67(53)44-25-12-4-13-26-44)40-55(66(42-21-8-2-9-22-42)43-23-10-3-11-24-43)50-34-35-54-63(62(50)64)61(52)56(39-47)68(54)45-27-14-5-15-28-45/h1-40H. The molecule has 15 rings (SSSR count). The molecule has 1 aliphatic rings. The van der Waals surface area contributed by atoms with E-state index in [1.54, 1.807) is 0 Å². The summed E-state index contributed by atoms with van der Waals surface area (Å²) in [5.74, 6) is 0. The summed E-state index contributed by atoms with van der Waals surface area (Å²) in [6, 6.07) is 89.3. The summed E-state index contributed by atoms with van der Waals surface area (Å²) in [7, 11) is 0. The van der Waals surface area contributed by atoms with E-state index in [0.717, 1.165) is 45.5 Å². The molecule has 5 heteroatoms. The van der Waals surface area contributed by atoms with Gasteiger partial charge in [0.05, 0.1) is 27.8 Å². The van der Waals surface area contributed by atoms with E-state index in [1.165, 1.54) is 85.7 Å². The van der Waals surface area contributed by atoms with Crippen molar-refractivity contribution in [3.8, 4) is 22.5 Å². The number of hydrogen-bond donors (Lipinski definition) is 0. The van der Waals surface area contributed by atoms with Crippen LogP contribution in [-0.4, -0.2) is 9.13 Å². The second-order valence-electron chi connectivity index (χ2n) is 18.1. The van der Waals surface area contributed by atoms with Crippen LogP contribution < -0.4 is 9.80 Å². The van der Waals surface area contributed by atoms with Crippen molar-refractivity contribution in [1.82, 2.24) is 9.13 Å². The van der Waals surface area contributed by atoms with Crippen molar-refractivity contribution in [2.75, 3.05) is 9.80 Å². The van der Waals surface area contributed by atoms with Crippen molar-refractivity contribution >= 4 is 120 Å². The van der Waals surface area contributed by atoms with Crippen molar-refractivity contribution in [2.45, 2.75) is 0 Å². The van der Waals surface area contributed by atoms with Crippen LogP contribution in [0.4, 0.5) is 34.1 Å². The number of nitrogens with zero attached hydrogens (tertiary/aromatic N) is 4. The fourth-order valence-corrected chi connectivity index (χ4v) is 12.6. The van der Waals surface area contributed by atoms with Crippen LogP contribution in [-0.2, 0) is 0 Å². The van der Waals surface area contributed by atoms with Gasteiger partial charge < -0.3 is 18.9 Å². The Labute approximate surface area is 402 Å². The number of hydrogen-bond acceptors (Lipinski definition) is 3. The second kappa shape index (κ2) is 14.8. The molecule has 1 aliphatic carbocycles. The number of benzene rings is 11. The monoisotopic (exact) mass is 896 g/mol. The molecule has 0 atom stereocenters. The third kappa shape index (κ3) is 5.56. The first-order valence-corrected chi connectivity index (χ1v) is 24.4. The van der Waals surface area contributed by atoms with Gasteiger partial charge in [0.15, 0.2) is 0 Å². The van der Waals surface area contributed by atoms with Crippen LogP contribution in [0.1, 0.15) is 0 Å². The summed E-state index contributed by atoms with van der Waals surface area (Å²) in [6.07, 6.45) is 0. The third-order valence-corrected chi connectivity index (χ3v) is 15.5. The van der Waals surface area contributed by atoms with E-state index in [2.05, 4.69) is 262 Å². The molecule has 3 aromatic heterocycles. The van der Waals surface area contributed by atoms with Gasteiger partial charge in [0.1, 0.15) is 0 Å². The molecular weight excluding hydrogens is 857 g/mol. The largest absolute Gasteiger partial charge is 0.310 e. The van der Waals surface area contributed by atoms with Crippen LogP contribution in [0.25, 0.3) is 97.1 Å². The van der Waals surface area contributed by atoms with Gasteiger partial charge in [-0.3, -0.25) is 0 Å². The summed E-state index contributed by atoms with van der Waals surface area (Å²) < 4.78 is 7.61. The minimum atomic E-state index is 1.10. The number of para-hydroxylation sites is 5. The van der Waals surface area contributed by atoms with Crippen molar-refractivity contribution < 1.29 is 0 Å². The fraction of sp³-hybridized carbons (Fsp3) is 0. The Bertz CT molecular complexity index is 4310. The Morgan fingerprint density at radius 3 is 1.48 bits per heavy atom. The molecule has 4 nitrogen and oxygen atoms in total. The Morgan fingerprint density at radius 1 is 0.275 bits per heavy atom. The minimum Gasteiger partial charge on any atom is -0.310 e. The van der Waals surface area contributed by atoms with Crippen LogP contribution in [0, 0.1) is 0 Å². The van der Waals surface area contributed by atoms with Gasteiger partial charge in [-0.25, -0.2) is 0 Å². The maximum absolute atomic E-state index is 2.51. The van der Waals surface area contributed by atoms with E-state index in [-0.39, 0.29) is 0 Å². The molecule has 69 heavy (non-hydrogen) atoms. The quantitative estimate of drug-likeness (QED) is 0.151. The Morgan fingerprint density at radius 2 is 0.812 bits per heavy atom. The van der Waals surface area contributed by atoms with Crippen LogP contribution in [0.3, 0.4) is 0 Å². The molecule has 0 amide bonds. The molecule has 0 saturated carbocycles. The molecule has 3 heterocycles. The van der Waals surface area contributed by atoms with Gasteiger partial charge in [-0.05, 0) is 126 Å². The molecule has 14 aromatic rings. The number of rotatable bonds is 8. The summed E-state index contributed by atoms with van der Waals surface area (Å²) in [4.78, 5) is 4.91. The molecule has 0 radical (unpaired) electrons. The zero-order valence-electron chi connectivity index (χ0n) is 37.3. The minimum absolute atomic E-state index is 1.10. The lowest BCUT2D eigenvalue weighted by Crippen LogP contribution is -2.10. The zero-order chi connectivity index (χ0) is 45.2. The Kier molecular flexibility index (Phi) is 8.20. The topological polar surface area (TPSA) is 16.3 Å². The molecule has 322 valence electrons. The first kappa shape index (κ1) is 38.2. The van der Waals surface area contributed by atoms with Crippen LogP contribution in [0.5, 0.6) is 0 Å². The SMILES string of the molecule is c1ccc(N(c2ccc3sc4ccccc4c3c2)c2cc3c4c5c6c(ccc5n(-c5ccccc5)c4c2)c(N(c2ccccc2)c2ccccc2)cc2c6c4c-3cccc4n2-c2ccccc2)cc1. The molecule has 0 bridgehead atoms. The molecular formula is C64H40N4S. The second-order valence-corrected chi connectivity index (χ2v) is 19.1. The number of thiophene rings is 1. The Balaban J connectivity index is 1.13. The smallest absolute Gasteiger partial charge is 0.0568 e. The molecule has 0 fully saturated rings. The lowest BCUT2D eigenvalue weighted by atomic mass is 9.97. The van der Waals surface area contributed by atoms with E-state index in [9.17, 15) is 0 Å². The fourth-order valence-electron chi connectivity index (χ4n) is 11.6. The van der Waals surface area contributed by atoms with E-state index in [4.69, 9.17) is 0 Å². The number of anilines is 6. The molecule has 0 aliphatic heterocycles. The predicted molar refractivity (Wildman–Crippen MR) is 294 cm³/mol. The van der Waals surface area contributed by atoms with Gasteiger partial charge in [0, 0.05) is 92.3 Å². The van der Waals surface area contributed by atoms with Gasteiger partial charge in [-0.1, -0.05) is 127 Å². The van der Waals surface area contributed by atoms with Crippen molar-refractivity contribution in [2.24, 2.45) is 0 Å². The maximum Gasteiger partial charge on any atom is 0.0568 e. The van der Waals surface area contributed by atoms with Gasteiger partial charge in [-0.2, -0.15) is 0 Å². The van der Waals surface area contributed by atoms with Gasteiger partial charge in [-0.15, -0.1) is 11.3 Å². The first-order valence-electron chi connectivity index (χ1n) is 23.6. The maximum atomic E-state index is 2.51. The summed E-state index contributed by atoms with van der Waals surface area (Å²) >= 11 is 1.86. The third-order valence-electron chi connectivity index (χ3n) is 14.3. The van der Waals surface area contributed by atoms with Crippen LogP contribution in [0.2, 0.25) is 0 Å². The number of aromatic nitrogens is 2. The highest BCUT2D eigenvalue weighted by Gasteiger charge is 2.31. The molecule has 0 N–H and O–H groups in total. The van der Waals surface area contributed by atoms with E-state index in [0.29, 0.717) is 0 Å². The average Bonchev–Trinajstić information content (AvgIpc) is 4.04. The molecule has 11 aromatic carbocycles. The molecule has 0 saturated heterocycles. The highest BCUT2D eigenvalue weighted by Crippen LogP contribution is 2.56. The molecule has 0 unspecified atom stereocenters. The lowest BCUT2D eigenvalue weighted by Gasteiger charge is -2.27. The van der Waals surface area contributed by atoms with Gasteiger partial charge in [0.25, 0.3) is 0 Å². The summed E-state index contributed by atoms with van der Waals surface area (Å²) in [5, 5.41) is 10.1. The zero-order valence-corrected chi connectivity index (χ0v) is 38.1. The van der Waals surface area contributed by atoms with Crippen molar-refractivity contribution in [1.29, 1.82) is 0 Å². The number of fused-ring (bicyclic) bond motifs is 4. The molecule has 0 spiro atoms. The summed E-state index contributed by atoms with van der Waals surface area (Å²) in [6.45, 7) is 0. The van der Waals surface area contributed by atoms with Gasteiger partial charge >= 0.3 is 0 Å². The van der Waals surface area contributed by atoms with E-state index >= 15 is 0 Å². The van der Waals surface area contributed by atoms with Crippen LogP contribution in [0.15, 0.2) is 243 Å². The van der Waals surface area contributed by atoms with Crippen molar-refractivity contribution in [3.63, 3.8) is 0 Å². The van der Waals surface area contributed by atoms with E-state index in [1.807, 2.05) is 11.3 Å². The van der Waals surface area contributed by atoms with Gasteiger partial charge in [0.2, 0.25) is 0 Å². The van der Waals surface area contributed by atoms with Crippen molar-refractivity contribution in [3.05, 3.63) is 243 Å². The Hall–Kier alpha value is -8.90. The lowest BCUT2D eigenvalue weighted by molar-refractivity contribution is 1.18. The average molecular weight is 897 g/mol.